The first-order chi connectivity index (χ1) is 9.90. The summed E-state index contributed by atoms with van der Waals surface area (Å²) < 4.78 is 0. The molecule has 0 aromatic carbocycles. The smallest absolute Gasteiger partial charge is 0.0140 e. The van der Waals surface area contributed by atoms with Crippen LogP contribution in [0.1, 0.15) is 86.0 Å². The molecule has 3 aliphatic carbocycles. The molecule has 0 bridgehead atoms. The van der Waals surface area contributed by atoms with Crippen molar-refractivity contribution in [3.8, 4) is 0 Å². The highest BCUT2D eigenvalue weighted by Gasteiger charge is 2.54. The summed E-state index contributed by atoms with van der Waals surface area (Å²) in [4.78, 5) is 0. The van der Waals surface area contributed by atoms with Crippen LogP contribution in [0.4, 0.5) is 0 Å². The van der Waals surface area contributed by atoms with Gasteiger partial charge in [0.05, 0.1) is 0 Å². The van der Waals surface area contributed by atoms with Crippen molar-refractivity contribution >= 4 is 0 Å². The Bertz CT molecular complexity index is 476. The Labute approximate surface area is 132 Å². The number of rotatable bonds is 1. The highest BCUT2D eigenvalue weighted by atomic mass is 14.6. The van der Waals surface area contributed by atoms with Crippen LogP contribution in [0.3, 0.4) is 0 Å². The molecule has 0 heteroatoms. The second kappa shape index (κ2) is 5.28. The molecule has 2 fully saturated rings. The monoisotopic (exact) mass is 286 g/mol. The molecule has 0 spiro atoms. The maximum Gasteiger partial charge on any atom is -0.0140 e. The first-order valence-corrected chi connectivity index (χ1v) is 9.27. The van der Waals surface area contributed by atoms with Crippen LogP contribution in [0.25, 0.3) is 0 Å². The molecular formula is C21H34. The summed E-state index contributed by atoms with van der Waals surface area (Å²) >= 11 is 0. The van der Waals surface area contributed by atoms with Crippen LogP contribution in [0, 0.1) is 22.7 Å². The molecule has 3 aliphatic rings. The van der Waals surface area contributed by atoms with Crippen LogP contribution in [-0.4, -0.2) is 0 Å². The van der Waals surface area contributed by atoms with E-state index in [0.29, 0.717) is 10.8 Å². The molecule has 0 amide bonds. The van der Waals surface area contributed by atoms with Crippen molar-refractivity contribution < 1.29 is 0 Å². The van der Waals surface area contributed by atoms with Gasteiger partial charge in [-0.25, -0.2) is 0 Å². The van der Waals surface area contributed by atoms with Crippen molar-refractivity contribution in [3.05, 3.63) is 22.8 Å². The minimum absolute atomic E-state index is 0.584. The predicted molar refractivity (Wildman–Crippen MR) is 92.3 cm³/mol. The highest BCUT2D eigenvalue weighted by Crippen LogP contribution is 2.63. The molecule has 0 N–H and O–H groups in total. The second-order valence-corrected chi connectivity index (χ2v) is 8.79. The summed E-state index contributed by atoms with van der Waals surface area (Å²) in [7, 11) is 0. The normalized spacial score (nSPS) is 42.9. The Morgan fingerprint density at radius 1 is 1.14 bits per heavy atom. The van der Waals surface area contributed by atoms with Crippen molar-refractivity contribution in [2.24, 2.45) is 22.7 Å². The zero-order valence-corrected chi connectivity index (χ0v) is 14.9. The van der Waals surface area contributed by atoms with Gasteiger partial charge in [-0.05, 0) is 80.6 Å². The minimum atomic E-state index is 0.584. The molecule has 118 valence electrons. The van der Waals surface area contributed by atoms with Crippen LogP contribution in [0.5, 0.6) is 0 Å². The Kier molecular flexibility index (Phi) is 3.87. The zero-order chi connectivity index (χ0) is 15.3. The summed E-state index contributed by atoms with van der Waals surface area (Å²) in [6, 6.07) is 0. The molecule has 0 radical (unpaired) electrons. The lowest BCUT2D eigenvalue weighted by Crippen LogP contribution is -2.50. The van der Waals surface area contributed by atoms with Gasteiger partial charge < -0.3 is 0 Å². The molecule has 0 saturated heterocycles. The maximum absolute atomic E-state index is 2.65. The summed E-state index contributed by atoms with van der Waals surface area (Å²) in [6.07, 6.45) is 13.9. The summed E-state index contributed by atoms with van der Waals surface area (Å²) in [5.74, 6) is 1.84. The molecule has 2 unspecified atom stereocenters. The van der Waals surface area contributed by atoms with E-state index in [0.717, 1.165) is 11.8 Å². The fourth-order valence-electron chi connectivity index (χ4n) is 6.12. The van der Waals surface area contributed by atoms with Gasteiger partial charge in [0.15, 0.2) is 0 Å². The van der Waals surface area contributed by atoms with Gasteiger partial charge >= 0.3 is 0 Å². The Hall–Kier alpha value is -0.520. The fourth-order valence-corrected chi connectivity index (χ4v) is 6.12. The van der Waals surface area contributed by atoms with E-state index in [1.807, 2.05) is 0 Å². The van der Waals surface area contributed by atoms with E-state index in [1.165, 1.54) is 56.9 Å². The Morgan fingerprint density at radius 3 is 2.57 bits per heavy atom. The highest BCUT2D eigenvalue weighted by molar-refractivity contribution is 5.34. The Balaban J connectivity index is 1.96. The van der Waals surface area contributed by atoms with Gasteiger partial charge in [0, 0.05) is 0 Å². The first kappa shape index (κ1) is 15.4. The van der Waals surface area contributed by atoms with Crippen molar-refractivity contribution in [2.45, 2.75) is 86.0 Å². The van der Waals surface area contributed by atoms with Gasteiger partial charge in [-0.2, -0.15) is 0 Å². The number of fused-ring (bicyclic) bond motifs is 3. The number of hydrogen-bond acceptors (Lipinski definition) is 0. The van der Waals surface area contributed by atoms with Gasteiger partial charge in [0.1, 0.15) is 0 Å². The third-order valence-corrected chi connectivity index (χ3v) is 7.58. The van der Waals surface area contributed by atoms with Crippen molar-refractivity contribution in [2.75, 3.05) is 0 Å². The topological polar surface area (TPSA) is 0 Å². The van der Waals surface area contributed by atoms with Crippen molar-refractivity contribution in [1.29, 1.82) is 0 Å². The lowest BCUT2D eigenvalue weighted by Gasteiger charge is -2.59. The van der Waals surface area contributed by atoms with Crippen LogP contribution in [0.15, 0.2) is 22.8 Å². The Morgan fingerprint density at radius 2 is 1.90 bits per heavy atom. The van der Waals surface area contributed by atoms with Crippen molar-refractivity contribution in [3.63, 3.8) is 0 Å². The van der Waals surface area contributed by atoms with Gasteiger partial charge in [-0.15, -0.1) is 0 Å². The first-order valence-electron chi connectivity index (χ1n) is 9.27. The minimum Gasteiger partial charge on any atom is -0.0732 e. The summed E-state index contributed by atoms with van der Waals surface area (Å²) in [5, 5.41) is 0. The van der Waals surface area contributed by atoms with E-state index in [9.17, 15) is 0 Å². The fraction of sp³-hybridized carbons (Fsp3) is 0.810. The molecule has 21 heavy (non-hydrogen) atoms. The molecule has 4 atom stereocenters. The van der Waals surface area contributed by atoms with E-state index in [2.05, 4.69) is 40.7 Å². The lowest BCUT2D eigenvalue weighted by atomic mass is 9.45. The summed E-state index contributed by atoms with van der Waals surface area (Å²) in [6.45, 7) is 12.2. The van der Waals surface area contributed by atoms with Gasteiger partial charge in [-0.1, -0.05) is 50.8 Å². The standard InChI is InChI=1S/C21H34/c1-6-20(4)12-7-13-21(5)18-10-8-16(15(2)3)14-17(18)9-11-19(20)21/h14,18-19H,6-13H2,1-5H3/t18?,19?,20-,21-/m1/s1. The molecule has 0 aromatic heterocycles. The van der Waals surface area contributed by atoms with Crippen LogP contribution in [-0.2, 0) is 0 Å². The quantitative estimate of drug-likeness (QED) is 0.504. The molecule has 3 rings (SSSR count). The van der Waals surface area contributed by atoms with E-state index in [4.69, 9.17) is 0 Å². The molecule has 0 nitrogen and oxygen atoms in total. The third-order valence-electron chi connectivity index (χ3n) is 7.58. The molecule has 2 saturated carbocycles. The largest absolute Gasteiger partial charge is 0.0732 e. The predicted octanol–water partition coefficient (Wildman–Crippen LogP) is 6.68. The lowest BCUT2D eigenvalue weighted by molar-refractivity contribution is -0.0659. The van der Waals surface area contributed by atoms with Crippen LogP contribution < -0.4 is 0 Å². The van der Waals surface area contributed by atoms with Gasteiger partial charge in [-0.3, -0.25) is 0 Å². The average Bonchev–Trinajstić information content (AvgIpc) is 2.46. The summed E-state index contributed by atoms with van der Waals surface area (Å²) in [5.41, 5.74) is 6.17. The van der Waals surface area contributed by atoms with Crippen molar-refractivity contribution in [1.82, 2.24) is 0 Å². The average molecular weight is 287 g/mol. The maximum atomic E-state index is 2.65. The molecule has 0 aliphatic heterocycles. The van der Waals surface area contributed by atoms with E-state index in [-0.39, 0.29) is 0 Å². The van der Waals surface area contributed by atoms with Gasteiger partial charge in [0.25, 0.3) is 0 Å². The SMILES string of the molecule is CC[C@]1(C)CCC[C@]2(C)C3CCC(=C(C)C)C=C3CCC12. The molecule has 0 aromatic rings. The zero-order valence-electron chi connectivity index (χ0n) is 14.9. The van der Waals surface area contributed by atoms with E-state index < -0.39 is 0 Å². The third kappa shape index (κ3) is 2.34. The van der Waals surface area contributed by atoms with Crippen LogP contribution >= 0.6 is 0 Å². The van der Waals surface area contributed by atoms with Crippen LogP contribution in [0.2, 0.25) is 0 Å². The molecule has 0 heterocycles. The second-order valence-electron chi connectivity index (χ2n) is 8.79. The van der Waals surface area contributed by atoms with E-state index >= 15 is 0 Å². The number of hydrogen-bond donors (Lipinski definition) is 0. The van der Waals surface area contributed by atoms with E-state index in [1.54, 1.807) is 11.1 Å². The molecular weight excluding hydrogens is 252 g/mol. The number of allylic oxidation sites excluding steroid dienone is 4. The van der Waals surface area contributed by atoms with Gasteiger partial charge in [0.2, 0.25) is 0 Å².